The summed E-state index contributed by atoms with van der Waals surface area (Å²) in [5.41, 5.74) is 1.16. The number of methoxy groups -OCH3 is 1. The van der Waals surface area contributed by atoms with Gasteiger partial charge in [-0.1, -0.05) is 42.5 Å². The van der Waals surface area contributed by atoms with Crippen molar-refractivity contribution in [3.63, 3.8) is 0 Å². The Balaban J connectivity index is 2.14. The lowest BCUT2D eigenvalue weighted by Crippen LogP contribution is -2.55. The van der Waals surface area contributed by atoms with Crippen LogP contribution in [0.15, 0.2) is 54.6 Å². The Morgan fingerprint density at radius 2 is 1.57 bits per heavy atom. The van der Waals surface area contributed by atoms with Crippen molar-refractivity contribution in [1.82, 2.24) is 10.6 Å². The first-order chi connectivity index (χ1) is 16.5. The van der Waals surface area contributed by atoms with Gasteiger partial charge in [-0.25, -0.2) is 9.59 Å². The molecule has 0 radical (unpaired) electrons. The average molecular weight is 487 g/mol. The van der Waals surface area contributed by atoms with E-state index in [1.54, 1.807) is 24.3 Å². The van der Waals surface area contributed by atoms with Crippen LogP contribution in [0.5, 0.6) is 5.75 Å². The van der Waals surface area contributed by atoms with Crippen molar-refractivity contribution in [2.75, 3.05) is 7.11 Å². The first kappa shape index (κ1) is 27.7. The van der Waals surface area contributed by atoms with Crippen LogP contribution in [0.1, 0.15) is 38.8 Å². The molecule has 0 aliphatic rings. The summed E-state index contributed by atoms with van der Waals surface area (Å²) in [5, 5.41) is 14.9. The highest BCUT2D eigenvalue weighted by atomic mass is 16.5. The van der Waals surface area contributed by atoms with Crippen molar-refractivity contribution >= 4 is 18.0 Å². The van der Waals surface area contributed by atoms with E-state index in [1.165, 1.54) is 6.92 Å². The molecule has 0 saturated heterocycles. The standard InChI is InChI=1S/C26H34N2O7/c1-17(29)22(24(31)33-5)28-23(30)21(27-25(32)34-16-19-9-7-6-8-10-19)15-18-11-13-20(14-12-18)35-26(2,3)4/h6-14,17,21-22,29H,15-16H2,1-5H3,(H,27,32)(H,28,30)/t17-,21+,22-/m1/s1. The van der Waals surface area contributed by atoms with E-state index >= 15 is 0 Å². The van der Waals surface area contributed by atoms with E-state index in [4.69, 9.17) is 9.47 Å². The van der Waals surface area contributed by atoms with Gasteiger partial charge in [0.05, 0.1) is 13.2 Å². The zero-order chi connectivity index (χ0) is 26.0. The summed E-state index contributed by atoms with van der Waals surface area (Å²) in [4.78, 5) is 37.5. The highest BCUT2D eigenvalue weighted by Gasteiger charge is 2.31. The third-order valence-electron chi connectivity index (χ3n) is 4.84. The minimum absolute atomic E-state index is 0.0261. The molecule has 0 aromatic heterocycles. The summed E-state index contributed by atoms with van der Waals surface area (Å²) in [6.07, 6.45) is -1.89. The fourth-order valence-corrected chi connectivity index (χ4v) is 3.16. The fraction of sp³-hybridized carbons (Fsp3) is 0.423. The Labute approximate surface area is 205 Å². The molecule has 3 atom stereocenters. The van der Waals surface area contributed by atoms with Gasteiger partial charge in [-0.2, -0.15) is 0 Å². The van der Waals surface area contributed by atoms with Crippen molar-refractivity contribution in [1.29, 1.82) is 0 Å². The van der Waals surface area contributed by atoms with Gasteiger partial charge in [0.25, 0.3) is 0 Å². The Bertz CT molecular complexity index is 969. The molecule has 0 heterocycles. The Kier molecular flexibility index (Phi) is 10.1. The second-order valence-corrected chi connectivity index (χ2v) is 9.07. The molecule has 3 N–H and O–H groups in total. The normalized spacial score (nSPS) is 13.7. The zero-order valence-electron chi connectivity index (χ0n) is 20.7. The van der Waals surface area contributed by atoms with Crippen molar-refractivity contribution < 1.29 is 33.7 Å². The lowest BCUT2D eigenvalue weighted by Gasteiger charge is -2.24. The number of rotatable bonds is 10. The average Bonchev–Trinajstić information content (AvgIpc) is 2.81. The summed E-state index contributed by atoms with van der Waals surface area (Å²) in [5.74, 6) is -0.812. The predicted molar refractivity (Wildman–Crippen MR) is 130 cm³/mol. The summed E-state index contributed by atoms with van der Waals surface area (Å²) < 4.78 is 15.7. The number of hydrogen-bond acceptors (Lipinski definition) is 7. The summed E-state index contributed by atoms with van der Waals surface area (Å²) in [7, 11) is 1.15. The minimum Gasteiger partial charge on any atom is -0.488 e. The van der Waals surface area contributed by atoms with Crippen molar-refractivity contribution in [3.05, 3.63) is 65.7 Å². The van der Waals surface area contributed by atoms with Crippen LogP contribution < -0.4 is 15.4 Å². The SMILES string of the molecule is COC(=O)[C@H](NC(=O)[C@H](Cc1ccc(OC(C)(C)C)cc1)NC(=O)OCc1ccccc1)[C@@H](C)O. The zero-order valence-corrected chi connectivity index (χ0v) is 20.7. The van der Waals surface area contributed by atoms with Gasteiger partial charge >= 0.3 is 12.1 Å². The van der Waals surface area contributed by atoms with Crippen molar-refractivity contribution in [2.24, 2.45) is 0 Å². The van der Waals surface area contributed by atoms with Gasteiger partial charge < -0.3 is 30.0 Å². The molecular weight excluding hydrogens is 452 g/mol. The van der Waals surface area contributed by atoms with Crippen LogP contribution in [0.2, 0.25) is 0 Å². The molecule has 2 amide bonds. The van der Waals surface area contributed by atoms with E-state index in [0.29, 0.717) is 5.75 Å². The highest BCUT2D eigenvalue weighted by Crippen LogP contribution is 2.19. The van der Waals surface area contributed by atoms with E-state index in [-0.39, 0.29) is 18.6 Å². The predicted octanol–water partition coefficient (Wildman–Crippen LogP) is 2.74. The first-order valence-corrected chi connectivity index (χ1v) is 11.3. The van der Waals surface area contributed by atoms with Crippen molar-refractivity contribution in [3.8, 4) is 5.75 Å². The molecule has 0 saturated carbocycles. The summed E-state index contributed by atoms with van der Waals surface area (Å²) in [6, 6.07) is 13.8. The van der Waals surface area contributed by atoms with Gasteiger partial charge in [0.1, 0.15) is 24.0 Å². The number of carbonyl (C=O) groups is 3. The summed E-state index contributed by atoms with van der Waals surface area (Å²) in [6.45, 7) is 7.19. The second kappa shape index (κ2) is 12.8. The van der Waals surface area contributed by atoms with E-state index in [2.05, 4.69) is 15.4 Å². The summed E-state index contributed by atoms with van der Waals surface area (Å²) >= 11 is 0. The van der Waals surface area contributed by atoms with Gasteiger partial charge in [0.15, 0.2) is 6.04 Å². The fourth-order valence-electron chi connectivity index (χ4n) is 3.16. The second-order valence-electron chi connectivity index (χ2n) is 9.07. The molecule has 0 spiro atoms. The van der Waals surface area contributed by atoms with Gasteiger partial charge in [0.2, 0.25) is 5.91 Å². The molecule has 2 rings (SSSR count). The van der Waals surface area contributed by atoms with Crippen LogP contribution in [0.3, 0.4) is 0 Å². The molecule has 2 aromatic carbocycles. The maximum absolute atomic E-state index is 13.0. The van der Waals surface area contributed by atoms with E-state index < -0.39 is 36.2 Å². The number of carbonyl (C=O) groups excluding carboxylic acids is 3. The van der Waals surface area contributed by atoms with E-state index in [9.17, 15) is 19.5 Å². The number of esters is 1. The third kappa shape index (κ3) is 9.66. The monoisotopic (exact) mass is 486 g/mol. The molecule has 0 unspecified atom stereocenters. The molecule has 0 aliphatic heterocycles. The Morgan fingerprint density at radius 1 is 0.943 bits per heavy atom. The maximum Gasteiger partial charge on any atom is 0.408 e. The van der Waals surface area contributed by atoms with Crippen LogP contribution in [0.25, 0.3) is 0 Å². The third-order valence-corrected chi connectivity index (χ3v) is 4.84. The molecule has 2 aromatic rings. The number of alkyl carbamates (subject to hydrolysis) is 1. The number of aliphatic hydroxyl groups is 1. The van der Waals surface area contributed by atoms with Gasteiger partial charge in [-0.3, -0.25) is 4.79 Å². The molecule has 9 nitrogen and oxygen atoms in total. The quantitative estimate of drug-likeness (QED) is 0.441. The Morgan fingerprint density at radius 3 is 2.11 bits per heavy atom. The lowest BCUT2D eigenvalue weighted by atomic mass is 10.0. The smallest absolute Gasteiger partial charge is 0.408 e. The topological polar surface area (TPSA) is 123 Å². The van der Waals surface area contributed by atoms with E-state index in [1.807, 2.05) is 51.1 Å². The van der Waals surface area contributed by atoms with Crippen LogP contribution in [-0.2, 0) is 32.1 Å². The largest absolute Gasteiger partial charge is 0.488 e. The Hall–Kier alpha value is -3.59. The van der Waals surface area contributed by atoms with Crippen LogP contribution in [-0.4, -0.2) is 54.0 Å². The lowest BCUT2D eigenvalue weighted by molar-refractivity contribution is -0.148. The number of nitrogens with one attached hydrogen (secondary N) is 2. The van der Waals surface area contributed by atoms with Gasteiger partial charge in [-0.15, -0.1) is 0 Å². The number of hydrogen-bond donors (Lipinski definition) is 3. The maximum atomic E-state index is 13.0. The van der Waals surface area contributed by atoms with Crippen LogP contribution >= 0.6 is 0 Å². The van der Waals surface area contributed by atoms with Crippen molar-refractivity contribution in [2.45, 2.75) is 64.5 Å². The molecule has 190 valence electrons. The van der Waals surface area contributed by atoms with Gasteiger partial charge in [0, 0.05) is 6.42 Å². The number of aliphatic hydroxyl groups excluding tert-OH is 1. The molecular formula is C26H34N2O7. The number of benzene rings is 2. The molecule has 9 heteroatoms. The van der Waals surface area contributed by atoms with Crippen LogP contribution in [0.4, 0.5) is 4.79 Å². The molecule has 0 aliphatic carbocycles. The van der Waals surface area contributed by atoms with Crippen LogP contribution in [0, 0.1) is 0 Å². The molecule has 0 bridgehead atoms. The first-order valence-electron chi connectivity index (χ1n) is 11.3. The van der Waals surface area contributed by atoms with E-state index in [0.717, 1.165) is 18.2 Å². The van der Waals surface area contributed by atoms with Gasteiger partial charge in [-0.05, 0) is 51.0 Å². The highest BCUT2D eigenvalue weighted by molar-refractivity contribution is 5.90. The number of ether oxygens (including phenoxy) is 3. The minimum atomic E-state index is -1.29. The molecule has 35 heavy (non-hydrogen) atoms. The number of amides is 2. The molecule has 0 fully saturated rings.